The van der Waals surface area contributed by atoms with Crippen LogP contribution < -0.4 is 0 Å². The average Bonchev–Trinajstić information content (AvgIpc) is 3.58. The van der Waals surface area contributed by atoms with Gasteiger partial charge in [0.2, 0.25) is 5.60 Å². The van der Waals surface area contributed by atoms with Gasteiger partial charge in [-0.05, 0) is 78.6 Å². The second-order valence-corrected chi connectivity index (χ2v) is 15.6. The summed E-state index contributed by atoms with van der Waals surface area (Å²) in [7, 11) is 0. The Balaban J connectivity index is 1.52. The van der Waals surface area contributed by atoms with Gasteiger partial charge in [0, 0.05) is 16.7 Å². The lowest BCUT2D eigenvalue weighted by Gasteiger charge is -2.69. The highest BCUT2D eigenvalue weighted by atomic mass is 16.6. The normalized spacial score (nSPS) is 54.6. The van der Waals surface area contributed by atoms with Crippen molar-refractivity contribution < 1.29 is 14.3 Å². The minimum absolute atomic E-state index is 0.0185. The number of allylic oxidation sites excluding steroid dienone is 1. The van der Waals surface area contributed by atoms with Gasteiger partial charge >= 0.3 is 0 Å². The molecule has 0 aromatic rings. The van der Waals surface area contributed by atoms with E-state index >= 15 is 0 Å². The van der Waals surface area contributed by atoms with Crippen LogP contribution in [0.3, 0.4) is 0 Å². The molecule has 5 fully saturated rings. The van der Waals surface area contributed by atoms with Crippen molar-refractivity contribution in [3.8, 4) is 12.1 Å². The summed E-state index contributed by atoms with van der Waals surface area (Å²) in [5.74, 6) is 0.390. The first-order valence-corrected chi connectivity index (χ1v) is 14.3. The topological polar surface area (TPSA) is 94.2 Å². The molecule has 6 aliphatic rings. The SMILES string of the molecule is CC1C[C@]2(C#N)CC[C@]3(C)[C@H](C(=O)C=C4[C@@]5(C)C6OC6(C#N)C(=O)C(C)(C)[C@@H]5CC[C@]43C)[C@@H]2CC1(C)C. The smallest absolute Gasteiger partial charge is 0.240 e. The van der Waals surface area contributed by atoms with E-state index in [0.29, 0.717) is 5.92 Å². The molecule has 3 unspecified atom stereocenters. The van der Waals surface area contributed by atoms with Crippen molar-refractivity contribution in [1.82, 2.24) is 0 Å². The van der Waals surface area contributed by atoms with Crippen LogP contribution in [0.4, 0.5) is 0 Å². The predicted molar refractivity (Wildman–Crippen MR) is 139 cm³/mol. The van der Waals surface area contributed by atoms with Gasteiger partial charge in [0.05, 0.1) is 11.5 Å². The van der Waals surface area contributed by atoms with E-state index in [1.807, 2.05) is 19.9 Å². The number of nitriles is 2. The van der Waals surface area contributed by atoms with Crippen LogP contribution in [0.1, 0.15) is 93.9 Å². The largest absolute Gasteiger partial charge is 0.342 e. The standard InChI is InChI=1S/C32H42N2O3/c1-18-14-31(16-33)12-11-29(7)23(19(31)15-26(18,2)3)20(35)13-22-28(29,6)10-9-21-27(4,5)24(36)32(17-34)25(37-32)30(21,22)8/h13,18-19,21,23,25H,9-12,14-15H2,1-8H3/t18?,19-,21-,23-,25?,28+,29+,30-,31-,32?/m0/s1. The van der Waals surface area contributed by atoms with E-state index in [-0.39, 0.29) is 45.6 Å². The number of fused-ring (bicyclic) bond motifs is 9. The Morgan fingerprint density at radius 1 is 0.946 bits per heavy atom. The second kappa shape index (κ2) is 6.77. The van der Waals surface area contributed by atoms with Crippen molar-refractivity contribution in [3.63, 3.8) is 0 Å². The number of carbonyl (C=O) groups excluding carboxylic acids is 2. The van der Waals surface area contributed by atoms with Gasteiger partial charge in [-0.3, -0.25) is 9.59 Å². The van der Waals surface area contributed by atoms with Crippen molar-refractivity contribution in [2.24, 2.45) is 56.2 Å². The molecule has 198 valence electrons. The molecule has 0 spiro atoms. The molecule has 0 radical (unpaired) electrons. The van der Waals surface area contributed by atoms with Crippen LogP contribution in [0.15, 0.2) is 11.6 Å². The Kier molecular flexibility index (Phi) is 4.63. The van der Waals surface area contributed by atoms with Gasteiger partial charge in [-0.1, -0.05) is 61.0 Å². The lowest BCUT2D eigenvalue weighted by molar-refractivity contribution is -0.171. The third-order valence-corrected chi connectivity index (χ3v) is 13.7. The van der Waals surface area contributed by atoms with Gasteiger partial charge in [0.1, 0.15) is 12.2 Å². The number of carbonyl (C=O) groups is 2. The summed E-state index contributed by atoms with van der Waals surface area (Å²) in [4.78, 5) is 27.9. The van der Waals surface area contributed by atoms with Crippen LogP contribution in [-0.4, -0.2) is 23.3 Å². The zero-order valence-corrected chi connectivity index (χ0v) is 23.8. The Morgan fingerprint density at radius 3 is 2.24 bits per heavy atom. The number of nitrogens with zero attached hydrogens (tertiary/aromatic N) is 2. The lowest BCUT2D eigenvalue weighted by Crippen LogP contribution is -2.67. The Hall–Kier alpha value is -1.98. The quantitative estimate of drug-likeness (QED) is 0.368. The van der Waals surface area contributed by atoms with Gasteiger partial charge in [0.25, 0.3) is 0 Å². The van der Waals surface area contributed by atoms with Crippen LogP contribution in [0.2, 0.25) is 0 Å². The van der Waals surface area contributed by atoms with E-state index in [1.165, 1.54) is 0 Å². The molecule has 5 nitrogen and oxygen atoms in total. The minimum Gasteiger partial charge on any atom is -0.342 e. The highest BCUT2D eigenvalue weighted by Crippen LogP contribution is 2.77. The first-order valence-electron chi connectivity index (χ1n) is 14.3. The summed E-state index contributed by atoms with van der Waals surface area (Å²) in [5.41, 5.74) is -2.42. The number of ether oxygens (including phenoxy) is 1. The minimum atomic E-state index is -1.39. The fraction of sp³-hybridized carbons (Fsp3) is 0.812. The van der Waals surface area contributed by atoms with Crippen LogP contribution >= 0.6 is 0 Å². The van der Waals surface area contributed by atoms with E-state index in [0.717, 1.165) is 44.1 Å². The number of hydrogen-bond donors (Lipinski definition) is 0. The van der Waals surface area contributed by atoms with Crippen molar-refractivity contribution >= 4 is 11.6 Å². The second-order valence-electron chi connectivity index (χ2n) is 15.6. The predicted octanol–water partition coefficient (Wildman–Crippen LogP) is 6.19. The number of epoxide rings is 1. The Morgan fingerprint density at radius 2 is 1.62 bits per heavy atom. The number of Topliss-reactive ketones (excluding diaryl/α,β-unsaturated/α-hetero) is 1. The molecule has 1 heterocycles. The third kappa shape index (κ3) is 2.55. The maximum absolute atomic E-state index is 14.4. The molecule has 0 bridgehead atoms. The summed E-state index contributed by atoms with van der Waals surface area (Å²) in [6.07, 6.45) is 6.67. The molecule has 0 amide bonds. The molecule has 0 aromatic heterocycles. The van der Waals surface area contributed by atoms with Crippen molar-refractivity contribution in [2.45, 2.75) is 106 Å². The fourth-order valence-electron chi connectivity index (χ4n) is 10.9. The zero-order chi connectivity index (χ0) is 27.2. The zero-order valence-electron chi connectivity index (χ0n) is 23.8. The van der Waals surface area contributed by atoms with Crippen LogP contribution in [0, 0.1) is 78.8 Å². The monoisotopic (exact) mass is 502 g/mol. The van der Waals surface area contributed by atoms with Gasteiger partial charge in [-0.15, -0.1) is 0 Å². The van der Waals surface area contributed by atoms with E-state index in [4.69, 9.17) is 4.74 Å². The molecule has 37 heavy (non-hydrogen) atoms. The highest BCUT2D eigenvalue weighted by molar-refractivity contribution is 6.01. The van der Waals surface area contributed by atoms with Crippen molar-refractivity contribution in [2.75, 3.05) is 0 Å². The molecule has 5 aliphatic carbocycles. The Labute approximate surface area is 222 Å². The van der Waals surface area contributed by atoms with Crippen LogP contribution in [-0.2, 0) is 14.3 Å². The summed E-state index contributed by atoms with van der Waals surface area (Å²) in [5, 5.41) is 20.6. The van der Waals surface area contributed by atoms with Crippen molar-refractivity contribution in [1.29, 1.82) is 10.5 Å². The molecule has 4 saturated carbocycles. The number of ketones is 2. The fourth-order valence-corrected chi connectivity index (χ4v) is 10.9. The van der Waals surface area contributed by atoms with Gasteiger partial charge in [0.15, 0.2) is 11.6 Å². The number of rotatable bonds is 0. The molecule has 0 aromatic carbocycles. The molecule has 1 aliphatic heterocycles. The van der Waals surface area contributed by atoms with E-state index in [9.17, 15) is 20.1 Å². The van der Waals surface area contributed by atoms with Gasteiger partial charge in [-0.2, -0.15) is 10.5 Å². The first-order chi connectivity index (χ1) is 17.0. The summed E-state index contributed by atoms with van der Waals surface area (Å²) in [6, 6.07) is 5.02. The molecular formula is C32H42N2O3. The van der Waals surface area contributed by atoms with Crippen LogP contribution in [0.25, 0.3) is 0 Å². The highest BCUT2D eigenvalue weighted by Gasteiger charge is 2.82. The third-order valence-electron chi connectivity index (χ3n) is 13.7. The molecule has 10 atom stereocenters. The van der Waals surface area contributed by atoms with E-state index in [1.54, 1.807) is 0 Å². The summed E-state index contributed by atoms with van der Waals surface area (Å²) in [6.45, 7) is 17.7. The van der Waals surface area contributed by atoms with Gasteiger partial charge in [-0.25, -0.2) is 0 Å². The summed E-state index contributed by atoms with van der Waals surface area (Å²) < 4.78 is 6.09. The van der Waals surface area contributed by atoms with E-state index < -0.39 is 27.9 Å². The van der Waals surface area contributed by atoms with E-state index in [2.05, 4.69) is 53.7 Å². The molecular weight excluding hydrogens is 460 g/mol. The van der Waals surface area contributed by atoms with Gasteiger partial charge < -0.3 is 4.74 Å². The number of hydrogen-bond acceptors (Lipinski definition) is 5. The first kappa shape index (κ1) is 25.3. The lowest BCUT2D eigenvalue weighted by atomic mass is 9.33. The maximum Gasteiger partial charge on any atom is 0.240 e. The van der Waals surface area contributed by atoms with Crippen LogP contribution in [0.5, 0.6) is 0 Å². The van der Waals surface area contributed by atoms with Crippen molar-refractivity contribution in [3.05, 3.63) is 11.6 Å². The molecule has 1 saturated heterocycles. The Bertz CT molecular complexity index is 1250. The maximum atomic E-state index is 14.4. The molecule has 0 N–H and O–H groups in total. The molecule has 5 heteroatoms. The summed E-state index contributed by atoms with van der Waals surface area (Å²) >= 11 is 0. The molecule has 6 rings (SSSR count). The average molecular weight is 503 g/mol.